The largest absolute Gasteiger partial charge is 0.491 e. The van der Waals surface area contributed by atoms with Gasteiger partial charge in [0.05, 0.1) is 13.2 Å². The molecule has 2 aromatic heterocycles. The van der Waals surface area contributed by atoms with Gasteiger partial charge in [-0.2, -0.15) is 9.78 Å². The fourth-order valence-corrected chi connectivity index (χ4v) is 2.57. The zero-order valence-corrected chi connectivity index (χ0v) is 14.2. The Balaban J connectivity index is 1.42. The molecular weight excluding hydrogens is 344 g/mol. The molecule has 0 spiro atoms. The van der Waals surface area contributed by atoms with Gasteiger partial charge < -0.3 is 20.2 Å². The lowest BCUT2D eigenvalue weighted by atomic mass is 10.3. The standard InChI is InChI=1S/C14H20N8O4/c23-13(15-3-1-4-19-6-8-26-9-7-19)12-2-5-20(17-12)11-21-10-16-14(18-21)22(24)25/h2,5,10H,1,3-4,6-9,11H2,(H,15,23). The summed E-state index contributed by atoms with van der Waals surface area (Å²) in [6.45, 7) is 5.00. The summed E-state index contributed by atoms with van der Waals surface area (Å²) in [6.07, 6.45) is 3.70. The van der Waals surface area contributed by atoms with E-state index in [4.69, 9.17) is 4.74 Å². The first-order valence-corrected chi connectivity index (χ1v) is 8.27. The molecule has 1 aliphatic rings. The molecule has 0 aliphatic carbocycles. The highest BCUT2D eigenvalue weighted by molar-refractivity contribution is 5.92. The minimum atomic E-state index is -0.671. The summed E-state index contributed by atoms with van der Waals surface area (Å²) in [4.78, 5) is 27.9. The highest BCUT2D eigenvalue weighted by Crippen LogP contribution is 2.02. The van der Waals surface area contributed by atoms with E-state index in [-0.39, 0.29) is 18.3 Å². The van der Waals surface area contributed by atoms with Crippen molar-refractivity contribution in [3.8, 4) is 0 Å². The number of nitrogens with one attached hydrogen (secondary N) is 1. The zero-order chi connectivity index (χ0) is 18.4. The monoisotopic (exact) mass is 364 g/mol. The topological polar surface area (TPSA) is 133 Å². The number of rotatable bonds is 8. The van der Waals surface area contributed by atoms with Crippen molar-refractivity contribution in [2.45, 2.75) is 13.1 Å². The molecule has 0 unspecified atom stereocenters. The maximum atomic E-state index is 12.1. The fraction of sp³-hybridized carbons (Fsp3) is 0.571. The smallest absolute Gasteiger partial charge is 0.390 e. The minimum absolute atomic E-state index is 0.130. The molecule has 2 aromatic rings. The molecule has 0 saturated carbocycles. The summed E-state index contributed by atoms with van der Waals surface area (Å²) in [5.74, 6) is -0.731. The average molecular weight is 364 g/mol. The SMILES string of the molecule is O=C(NCCCN1CCOCC1)c1ccn(Cn2cnc([N+](=O)[O-])n2)n1. The van der Waals surface area contributed by atoms with Gasteiger partial charge in [-0.15, -0.1) is 0 Å². The third-order valence-electron chi connectivity index (χ3n) is 3.89. The number of carbonyl (C=O) groups excluding carboxylic acids is 1. The molecule has 1 amide bonds. The minimum Gasteiger partial charge on any atom is -0.390 e. The van der Waals surface area contributed by atoms with Crippen LogP contribution in [0.25, 0.3) is 0 Å². The van der Waals surface area contributed by atoms with Crippen LogP contribution in [0.1, 0.15) is 16.9 Å². The van der Waals surface area contributed by atoms with E-state index in [2.05, 4.69) is 25.4 Å². The maximum absolute atomic E-state index is 12.1. The maximum Gasteiger partial charge on any atom is 0.491 e. The van der Waals surface area contributed by atoms with Crippen molar-refractivity contribution in [3.05, 3.63) is 34.4 Å². The van der Waals surface area contributed by atoms with Crippen molar-refractivity contribution in [3.63, 3.8) is 0 Å². The quantitative estimate of drug-likeness (QED) is 0.371. The summed E-state index contributed by atoms with van der Waals surface area (Å²) in [6, 6.07) is 1.59. The third-order valence-corrected chi connectivity index (χ3v) is 3.89. The van der Waals surface area contributed by atoms with Crippen LogP contribution in [-0.2, 0) is 11.4 Å². The van der Waals surface area contributed by atoms with E-state index in [1.54, 1.807) is 12.3 Å². The van der Waals surface area contributed by atoms with E-state index in [0.717, 1.165) is 39.3 Å². The molecule has 3 heterocycles. The Bertz CT molecular complexity index is 752. The molecule has 12 heteroatoms. The van der Waals surface area contributed by atoms with E-state index in [1.807, 2.05) is 0 Å². The van der Waals surface area contributed by atoms with Crippen LogP contribution in [0.15, 0.2) is 18.6 Å². The Kier molecular flexibility index (Phi) is 5.86. The van der Waals surface area contributed by atoms with Crippen LogP contribution in [0.4, 0.5) is 5.95 Å². The fourth-order valence-electron chi connectivity index (χ4n) is 2.57. The van der Waals surface area contributed by atoms with Gasteiger partial charge in [-0.1, -0.05) is 4.98 Å². The lowest BCUT2D eigenvalue weighted by molar-refractivity contribution is -0.394. The van der Waals surface area contributed by atoms with Crippen molar-refractivity contribution < 1.29 is 14.5 Å². The van der Waals surface area contributed by atoms with Gasteiger partial charge in [0.15, 0.2) is 6.67 Å². The Morgan fingerprint density at radius 3 is 2.85 bits per heavy atom. The van der Waals surface area contributed by atoms with Crippen LogP contribution in [0.5, 0.6) is 0 Å². The highest BCUT2D eigenvalue weighted by atomic mass is 16.6. The van der Waals surface area contributed by atoms with Crippen LogP contribution in [0, 0.1) is 10.1 Å². The number of nitrogens with zero attached hydrogens (tertiary/aromatic N) is 7. The van der Waals surface area contributed by atoms with Crippen LogP contribution >= 0.6 is 0 Å². The van der Waals surface area contributed by atoms with E-state index in [9.17, 15) is 14.9 Å². The van der Waals surface area contributed by atoms with Gasteiger partial charge in [-0.25, -0.2) is 4.68 Å². The van der Waals surface area contributed by atoms with Crippen LogP contribution < -0.4 is 5.32 Å². The van der Waals surface area contributed by atoms with Gasteiger partial charge >= 0.3 is 5.95 Å². The Hall–Kier alpha value is -2.86. The first-order chi connectivity index (χ1) is 12.6. The second-order valence-electron chi connectivity index (χ2n) is 5.79. The molecule has 12 nitrogen and oxygen atoms in total. The summed E-state index contributed by atoms with van der Waals surface area (Å²) < 4.78 is 8.03. The second kappa shape index (κ2) is 8.49. The van der Waals surface area contributed by atoms with E-state index in [1.165, 1.54) is 15.7 Å². The number of amides is 1. The highest BCUT2D eigenvalue weighted by Gasteiger charge is 2.15. The van der Waals surface area contributed by atoms with Crippen molar-refractivity contribution in [1.82, 2.24) is 34.8 Å². The first-order valence-electron chi connectivity index (χ1n) is 8.27. The predicted octanol–water partition coefficient (Wildman–Crippen LogP) is -0.659. The summed E-state index contributed by atoms with van der Waals surface area (Å²) in [5.41, 5.74) is 0.283. The summed E-state index contributed by atoms with van der Waals surface area (Å²) in [7, 11) is 0. The van der Waals surface area contributed by atoms with Crippen molar-refractivity contribution in [1.29, 1.82) is 0 Å². The second-order valence-corrected chi connectivity index (χ2v) is 5.79. The normalized spacial score (nSPS) is 15.1. The van der Waals surface area contributed by atoms with E-state index >= 15 is 0 Å². The molecule has 0 bridgehead atoms. The van der Waals surface area contributed by atoms with Gasteiger partial charge in [0, 0.05) is 30.9 Å². The van der Waals surface area contributed by atoms with Gasteiger partial charge in [-0.05, 0) is 24.0 Å². The summed E-state index contributed by atoms with van der Waals surface area (Å²) >= 11 is 0. The lowest BCUT2D eigenvalue weighted by Gasteiger charge is -2.26. The molecule has 1 fully saturated rings. The first kappa shape index (κ1) is 17.9. The number of morpholine rings is 1. The molecule has 1 saturated heterocycles. The Morgan fingerprint density at radius 1 is 1.31 bits per heavy atom. The molecule has 0 aromatic carbocycles. The van der Waals surface area contributed by atoms with Crippen LogP contribution in [0.3, 0.4) is 0 Å². The summed E-state index contributed by atoms with van der Waals surface area (Å²) in [5, 5.41) is 21.3. The molecule has 1 N–H and O–H groups in total. The predicted molar refractivity (Wildman–Crippen MR) is 88.5 cm³/mol. The average Bonchev–Trinajstić information content (AvgIpc) is 3.30. The van der Waals surface area contributed by atoms with Crippen molar-refractivity contribution in [2.75, 3.05) is 39.4 Å². The number of ether oxygens (including phenoxy) is 1. The Morgan fingerprint density at radius 2 is 2.12 bits per heavy atom. The van der Waals surface area contributed by atoms with E-state index in [0.29, 0.717) is 6.54 Å². The number of hydrogen-bond acceptors (Lipinski definition) is 8. The number of carbonyl (C=O) groups is 1. The van der Waals surface area contributed by atoms with Crippen molar-refractivity contribution >= 4 is 11.9 Å². The van der Waals surface area contributed by atoms with Crippen LogP contribution in [0.2, 0.25) is 0 Å². The molecule has 26 heavy (non-hydrogen) atoms. The van der Waals surface area contributed by atoms with Gasteiger partial charge in [0.25, 0.3) is 5.91 Å². The molecule has 140 valence electrons. The third kappa shape index (κ3) is 4.83. The van der Waals surface area contributed by atoms with Crippen molar-refractivity contribution in [2.24, 2.45) is 0 Å². The molecular formula is C14H20N8O4. The number of nitro groups is 1. The molecule has 1 aliphatic heterocycles. The van der Waals surface area contributed by atoms with E-state index < -0.39 is 10.9 Å². The number of aromatic nitrogens is 5. The Labute approximate surface area is 148 Å². The van der Waals surface area contributed by atoms with Gasteiger partial charge in [0.2, 0.25) is 6.33 Å². The molecule has 3 rings (SSSR count). The molecule has 0 radical (unpaired) electrons. The van der Waals surface area contributed by atoms with Gasteiger partial charge in [-0.3, -0.25) is 9.69 Å². The molecule has 0 atom stereocenters. The lowest BCUT2D eigenvalue weighted by Crippen LogP contribution is -2.38. The zero-order valence-electron chi connectivity index (χ0n) is 14.2. The van der Waals surface area contributed by atoms with Gasteiger partial charge in [0.1, 0.15) is 5.69 Å². The number of hydrogen-bond donors (Lipinski definition) is 1. The van der Waals surface area contributed by atoms with Crippen LogP contribution in [-0.4, -0.2) is 79.7 Å².